The number of hydrogen-bond donors (Lipinski definition) is 2. The third kappa shape index (κ3) is 4.42. The van der Waals surface area contributed by atoms with Crippen LogP contribution in [0.3, 0.4) is 0 Å². The first kappa shape index (κ1) is 18.4. The van der Waals surface area contributed by atoms with Crippen molar-refractivity contribution in [1.82, 2.24) is 10.2 Å². The van der Waals surface area contributed by atoms with Gasteiger partial charge in [0.05, 0.1) is 0 Å². The van der Waals surface area contributed by atoms with Crippen molar-refractivity contribution in [1.29, 1.82) is 0 Å². The molecule has 6 nitrogen and oxygen atoms in total. The Morgan fingerprint density at radius 3 is 2.15 bits per heavy atom. The van der Waals surface area contributed by atoms with Crippen LogP contribution in [0.15, 0.2) is 30.3 Å². The molecule has 1 atom stereocenters. The molecule has 2 aliphatic rings. The summed E-state index contributed by atoms with van der Waals surface area (Å²) >= 11 is 0. The summed E-state index contributed by atoms with van der Waals surface area (Å²) in [5.74, 6) is -0.0553. The Bertz CT molecular complexity index is 650. The molecule has 3 rings (SSSR count). The average molecular weight is 357 g/mol. The number of likely N-dealkylation sites (tertiary alicyclic amines) is 1. The maximum atomic E-state index is 12.5. The van der Waals surface area contributed by atoms with Crippen molar-refractivity contribution in [2.75, 3.05) is 18.4 Å². The average Bonchev–Trinajstić information content (AvgIpc) is 2.60. The van der Waals surface area contributed by atoms with Gasteiger partial charge in [0.25, 0.3) is 0 Å². The summed E-state index contributed by atoms with van der Waals surface area (Å²) in [4.78, 5) is 38.7. The van der Waals surface area contributed by atoms with E-state index in [1.165, 1.54) is 0 Å². The minimum absolute atomic E-state index is 0.00535. The van der Waals surface area contributed by atoms with E-state index in [4.69, 9.17) is 0 Å². The zero-order valence-electron chi connectivity index (χ0n) is 15.2. The lowest BCUT2D eigenvalue weighted by Crippen LogP contribution is -2.51. The van der Waals surface area contributed by atoms with Gasteiger partial charge < -0.3 is 15.5 Å². The molecule has 2 N–H and O–H groups in total. The Kier molecular flexibility index (Phi) is 5.91. The molecule has 0 unspecified atom stereocenters. The van der Waals surface area contributed by atoms with E-state index < -0.39 is 6.04 Å². The maximum Gasteiger partial charge on any atom is 0.244 e. The molecular weight excluding hydrogens is 330 g/mol. The third-order valence-corrected chi connectivity index (χ3v) is 5.42. The van der Waals surface area contributed by atoms with Crippen molar-refractivity contribution in [2.24, 2.45) is 11.8 Å². The van der Waals surface area contributed by atoms with Crippen LogP contribution >= 0.6 is 0 Å². The highest BCUT2D eigenvalue weighted by Gasteiger charge is 2.32. The molecule has 0 spiro atoms. The Hall–Kier alpha value is -2.37. The van der Waals surface area contributed by atoms with Gasteiger partial charge in [0, 0.05) is 30.6 Å². The number of nitrogens with one attached hydrogen (secondary N) is 2. The third-order valence-electron chi connectivity index (χ3n) is 5.42. The van der Waals surface area contributed by atoms with Gasteiger partial charge in [0.15, 0.2) is 0 Å². The molecule has 0 aromatic heterocycles. The van der Waals surface area contributed by atoms with Gasteiger partial charge in [0.1, 0.15) is 6.04 Å². The Morgan fingerprint density at radius 2 is 1.58 bits per heavy atom. The lowest BCUT2D eigenvalue weighted by atomic mass is 9.84. The van der Waals surface area contributed by atoms with Gasteiger partial charge in [-0.15, -0.1) is 0 Å². The quantitative estimate of drug-likeness (QED) is 0.848. The van der Waals surface area contributed by atoms with Gasteiger partial charge >= 0.3 is 0 Å². The van der Waals surface area contributed by atoms with E-state index in [1.54, 1.807) is 11.8 Å². The molecule has 1 saturated carbocycles. The van der Waals surface area contributed by atoms with Crippen LogP contribution in [0.25, 0.3) is 0 Å². The SMILES string of the molecule is C[C@H](NC(=O)C1CCC1)C(=O)N1CCC(C(=O)Nc2ccccc2)CC1. The normalized spacial score (nSPS) is 19.3. The highest BCUT2D eigenvalue weighted by Crippen LogP contribution is 2.26. The van der Waals surface area contributed by atoms with E-state index in [0.717, 1.165) is 24.9 Å². The van der Waals surface area contributed by atoms with Gasteiger partial charge in [-0.25, -0.2) is 0 Å². The van der Waals surface area contributed by atoms with E-state index >= 15 is 0 Å². The number of carbonyl (C=O) groups is 3. The number of rotatable bonds is 5. The summed E-state index contributed by atoms with van der Waals surface area (Å²) in [6.45, 7) is 2.85. The summed E-state index contributed by atoms with van der Waals surface area (Å²) in [6.07, 6.45) is 4.24. The molecule has 140 valence electrons. The first-order chi connectivity index (χ1) is 12.5. The van der Waals surface area contributed by atoms with E-state index in [0.29, 0.717) is 25.9 Å². The molecule has 1 saturated heterocycles. The number of piperidine rings is 1. The molecule has 26 heavy (non-hydrogen) atoms. The predicted molar refractivity (Wildman–Crippen MR) is 99.3 cm³/mol. The molecule has 1 aromatic carbocycles. The van der Waals surface area contributed by atoms with Crippen molar-refractivity contribution in [2.45, 2.75) is 45.1 Å². The summed E-state index contributed by atoms with van der Waals surface area (Å²) in [6, 6.07) is 8.90. The van der Waals surface area contributed by atoms with Crippen molar-refractivity contribution in [3.8, 4) is 0 Å². The zero-order valence-corrected chi connectivity index (χ0v) is 15.2. The van der Waals surface area contributed by atoms with Crippen molar-refractivity contribution < 1.29 is 14.4 Å². The Labute approximate surface area is 154 Å². The fraction of sp³-hybridized carbons (Fsp3) is 0.550. The van der Waals surface area contributed by atoms with Gasteiger partial charge in [0.2, 0.25) is 17.7 Å². The molecule has 0 radical (unpaired) electrons. The second kappa shape index (κ2) is 8.34. The molecule has 1 aliphatic carbocycles. The standard InChI is InChI=1S/C20H27N3O3/c1-14(21-18(24)15-6-5-7-15)20(26)23-12-10-16(11-13-23)19(25)22-17-8-3-2-4-9-17/h2-4,8-9,14-16H,5-7,10-13H2,1H3,(H,21,24)(H,22,25)/t14-/m0/s1. The van der Waals surface area contributed by atoms with E-state index in [2.05, 4.69) is 10.6 Å². The van der Waals surface area contributed by atoms with Crippen LogP contribution in [0.1, 0.15) is 39.0 Å². The molecule has 0 bridgehead atoms. The predicted octanol–water partition coefficient (Wildman–Crippen LogP) is 2.17. The summed E-state index contributed by atoms with van der Waals surface area (Å²) < 4.78 is 0. The number of hydrogen-bond acceptors (Lipinski definition) is 3. The second-order valence-electron chi connectivity index (χ2n) is 7.31. The van der Waals surface area contributed by atoms with Crippen LogP contribution in [-0.4, -0.2) is 41.8 Å². The largest absolute Gasteiger partial charge is 0.344 e. The lowest BCUT2D eigenvalue weighted by molar-refractivity contribution is -0.139. The molecule has 1 aromatic rings. The van der Waals surface area contributed by atoms with E-state index in [1.807, 2.05) is 30.3 Å². The number of anilines is 1. The fourth-order valence-electron chi connectivity index (χ4n) is 3.47. The van der Waals surface area contributed by atoms with Crippen molar-refractivity contribution in [3.05, 3.63) is 30.3 Å². The van der Waals surface area contributed by atoms with Gasteiger partial charge in [-0.2, -0.15) is 0 Å². The van der Waals surface area contributed by atoms with Crippen LogP contribution < -0.4 is 10.6 Å². The van der Waals surface area contributed by atoms with E-state index in [-0.39, 0.29) is 29.6 Å². The molecule has 2 fully saturated rings. The molecule has 6 heteroatoms. The summed E-state index contributed by atoms with van der Waals surface area (Å²) in [5.41, 5.74) is 0.795. The monoisotopic (exact) mass is 357 g/mol. The molecule has 3 amide bonds. The summed E-state index contributed by atoms with van der Waals surface area (Å²) in [5, 5.41) is 5.77. The van der Waals surface area contributed by atoms with Crippen molar-refractivity contribution in [3.63, 3.8) is 0 Å². The van der Waals surface area contributed by atoms with Crippen LogP contribution in [0.2, 0.25) is 0 Å². The van der Waals surface area contributed by atoms with Gasteiger partial charge in [-0.3, -0.25) is 14.4 Å². The zero-order chi connectivity index (χ0) is 18.5. The van der Waals surface area contributed by atoms with Gasteiger partial charge in [-0.1, -0.05) is 24.6 Å². The maximum absolute atomic E-state index is 12.5. The number of para-hydroxylation sites is 1. The van der Waals surface area contributed by atoms with Crippen LogP contribution in [0.4, 0.5) is 5.69 Å². The lowest BCUT2D eigenvalue weighted by Gasteiger charge is -2.34. The van der Waals surface area contributed by atoms with Crippen LogP contribution in [0, 0.1) is 11.8 Å². The van der Waals surface area contributed by atoms with Crippen LogP contribution in [0.5, 0.6) is 0 Å². The first-order valence-electron chi connectivity index (χ1n) is 9.49. The smallest absolute Gasteiger partial charge is 0.244 e. The highest BCUT2D eigenvalue weighted by atomic mass is 16.2. The summed E-state index contributed by atoms with van der Waals surface area (Å²) in [7, 11) is 0. The number of amides is 3. The minimum atomic E-state index is -0.502. The first-order valence-corrected chi connectivity index (χ1v) is 9.49. The number of nitrogens with zero attached hydrogens (tertiary/aromatic N) is 1. The minimum Gasteiger partial charge on any atom is -0.344 e. The Balaban J connectivity index is 1.44. The molecule has 1 heterocycles. The van der Waals surface area contributed by atoms with E-state index in [9.17, 15) is 14.4 Å². The van der Waals surface area contributed by atoms with Crippen molar-refractivity contribution >= 4 is 23.4 Å². The topological polar surface area (TPSA) is 78.5 Å². The molecular formula is C20H27N3O3. The number of carbonyl (C=O) groups excluding carboxylic acids is 3. The fourth-order valence-corrected chi connectivity index (χ4v) is 3.47. The Morgan fingerprint density at radius 1 is 0.962 bits per heavy atom. The molecule has 1 aliphatic heterocycles. The second-order valence-corrected chi connectivity index (χ2v) is 7.31. The van der Waals surface area contributed by atoms with Gasteiger partial charge in [-0.05, 0) is 44.7 Å². The highest BCUT2D eigenvalue weighted by molar-refractivity contribution is 5.93. The number of benzene rings is 1. The van der Waals surface area contributed by atoms with Crippen LogP contribution in [-0.2, 0) is 14.4 Å².